The molecule has 0 saturated carbocycles. The van der Waals surface area contributed by atoms with Crippen molar-refractivity contribution in [3.63, 3.8) is 0 Å². The maximum Gasteiger partial charge on any atom is 0.252 e. The summed E-state index contributed by atoms with van der Waals surface area (Å²) in [5, 5.41) is 5.75. The summed E-state index contributed by atoms with van der Waals surface area (Å²) < 4.78 is 27.9. The lowest BCUT2D eigenvalue weighted by Crippen LogP contribution is -2.32. The lowest BCUT2D eigenvalue weighted by molar-refractivity contribution is -0.116. The first-order valence-electron chi connectivity index (χ1n) is 9.48. The number of hydrogen-bond donors (Lipinski definition) is 3. The Bertz CT molecular complexity index is 1060. The van der Waals surface area contributed by atoms with Gasteiger partial charge in [0.2, 0.25) is 5.78 Å². The van der Waals surface area contributed by atoms with Crippen LogP contribution >= 0.6 is 11.3 Å². The second kappa shape index (κ2) is 11.3. The molecule has 0 spiro atoms. The van der Waals surface area contributed by atoms with Gasteiger partial charge in [-0.15, -0.1) is 0 Å². The summed E-state index contributed by atoms with van der Waals surface area (Å²) in [5.74, 6) is -3.11. The summed E-state index contributed by atoms with van der Waals surface area (Å²) in [5.41, 5.74) is 5.24. The average Bonchev–Trinajstić information content (AvgIpc) is 3.10. The highest BCUT2D eigenvalue weighted by Crippen LogP contribution is 2.30. The predicted molar refractivity (Wildman–Crippen MR) is 123 cm³/mol. The Hall–Kier alpha value is -3.44. The summed E-state index contributed by atoms with van der Waals surface area (Å²) in [6, 6.07) is 3.14. The number of rotatable bonds is 10. The third-order valence-corrected chi connectivity index (χ3v) is 5.04. The van der Waals surface area contributed by atoms with Crippen molar-refractivity contribution in [2.75, 3.05) is 38.2 Å². The molecular formula is C21H24F2N6O2S. The van der Waals surface area contributed by atoms with Gasteiger partial charge >= 0.3 is 0 Å². The van der Waals surface area contributed by atoms with E-state index in [2.05, 4.69) is 27.2 Å². The van der Waals surface area contributed by atoms with Crippen LogP contribution in [0.25, 0.3) is 0 Å². The molecule has 0 aliphatic rings. The zero-order valence-corrected chi connectivity index (χ0v) is 18.7. The molecule has 170 valence electrons. The number of hydrogen-bond acceptors (Lipinski definition) is 8. The molecule has 11 heteroatoms. The number of aliphatic imine (C=N–C) groups is 1. The van der Waals surface area contributed by atoms with Crippen LogP contribution in [0.3, 0.4) is 0 Å². The Morgan fingerprint density at radius 1 is 1.31 bits per heavy atom. The third-order valence-electron chi connectivity index (χ3n) is 4.05. The number of nitrogens with two attached hydrogens (primary N) is 1. The van der Waals surface area contributed by atoms with Gasteiger partial charge in [0, 0.05) is 19.3 Å². The van der Waals surface area contributed by atoms with Gasteiger partial charge in [0.25, 0.3) is 5.91 Å². The number of benzene rings is 1. The number of thiazole rings is 1. The van der Waals surface area contributed by atoms with Crippen molar-refractivity contribution in [1.29, 1.82) is 0 Å². The van der Waals surface area contributed by atoms with E-state index in [1.54, 1.807) is 13.0 Å². The Balaban J connectivity index is 2.09. The molecule has 1 aromatic heterocycles. The zero-order chi connectivity index (χ0) is 23.8. The number of aromatic nitrogens is 1. The Kier molecular flexibility index (Phi) is 8.73. The molecule has 0 fully saturated rings. The number of anilines is 2. The number of amides is 1. The molecule has 0 unspecified atom stereocenters. The van der Waals surface area contributed by atoms with Crippen LogP contribution in [0.5, 0.6) is 0 Å². The predicted octanol–water partition coefficient (Wildman–Crippen LogP) is 2.81. The van der Waals surface area contributed by atoms with Crippen LogP contribution in [0.2, 0.25) is 0 Å². The van der Waals surface area contributed by atoms with Crippen LogP contribution in [0.4, 0.5) is 19.7 Å². The van der Waals surface area contributed by atoms with Crippen molar-refractivity contribution in [2.45, 2.75) is 6.92 Å². The standard InChI is InChI=1S/C21H24F2N6O2S/c1-5-15(26-11-12(2)20(31)25-9-10-29(3)4)27-21-28-19(24)18(32-21)17(30)16-13(22)7-6-8-14(16)23/h5-8,11H,2,9-10,24H2,1,3-4H3,(H,25,31)(H,27,28)/b15-5+,26-11-. The highest BCUT2D eigenvalue weighted by Gasteiger charge is 2.24. The molecule has 4 N–H and O–H groups in total. The Labute approximate surface area is 188 Å². The minimum atomic E-state index is -0.988. The van der Waals surface area contributed by atoms with Crippen LogP contribution in [0.15, 0.2) is 47.2 Å². The van der Waals surface area contributed by atoms with E-state index in [1.165, 1.54) is 6.21 Å². The second-order valence-electron chi connectivity index (χ2n) is 6.80. The number of carbonyl (C=O) groups excluding carboxylic acids is 2. The smallest absolute Gasteiger partial charge is 0.252 e. The van der Waals surface area contributed by atoms with Gasteiger partial charge in [-0.3, -0.25) is 9.59 Å². The molecule has 0 aliphatic carbocycles. The van der Waals surface area contributed by atoms with E-state index in [1.807, 2.05) is 19.0 Å². The van der Waals surface area contributed by atoms with Gasteiger partial charge in [0.1, 0.15) is 28.2 Å². The van der Waals surface area contributed by atoms with Crippen LogP contribution in [0.1, 0.15) is 22.2 Å². The van der Waals surface area contributed by atoms with Gasteiger partial charge in [-0.25, -0.2) is 18.8 Å². The third kappa shape index (κ3) is 6.53. The molecule has 2 aromatic rings. The lowest BCUT2D eigenvalue weighted by atomic mass is 10.1. The molecule has 0 radical (unpaired) electrons. The van der Waals surface area contributed by atoms with Gasteiger partial charge < -0.3 is 21.3 Å². The van der Waals surface area contributed by atoms with E-state index in [-0.39, 0.29) is 27.3 Å². The molecular weight excluding hydrogens is 438 g/mol. The Morgan fingerprint density at radius 3 is 2.56 bits per heavy atom. The molecule has 1 heterocycles. The quantitative estimate of drug-likeness (QED) is 0.284. The van der Waals surface area contributed by atoms with Crippen LogP contribution in [-0.4, -0.2) is 55.0 Å². The normalized spacial score (nSPS) is 11.8. The highest BCUT2D eigenvalue weighted by molar-refractivity contribution is 7.18. The maximum atomic E-state index is 13.9. The van der Waals surface area contributed by atoms with Crippen molar-refractivity contribution in [2.24, 2.45) is 4.99 Å². The topological polar surface area (TPSA) is 113 Å². The van der Waals surface area contributed by atoms with E-state index >= 15 is 0 Å². The summed E-state index contributed by atoms with van der Waals surface area (Å²) in [4.78, 5) is 34.6. The summed E-state index contributed by atoms with van der Waals surface area (Å²) in [7, 11) is 3.78. The Morgan fingerprint density at radius 2 is 1.97 bits per heavy atom. The molecule has 0 bridgehead atoms. The first kappa shape index (κ1) is 24.8. The van der Waals surface area contributed by atoms with E-state index < -0.39 is 23.0 Å². The highest BCUT2D eigenvalue weighted by atomic mass is 32.1. The zero-order valence-electron chi connectivity index (χ0n) is 17.9. The fourth-order valence-corrected chi connectivity index (χ4v) is 3.22. The largest absolute Gasteiger partial charge is 0.382 e. The SMILES string of the molecule is C=C(/C=N\C(=C/C)Nc1nc(N)c(C(=O)c2c(F)cccc2F)s1)C(=O)NCCN(C)C. The van der Waals surface area contributed by atoms with Crippen molar-refractivity contribution in [3.8, 4) is 0 Å². The van der Waals surface area contributed by atoms with Crippen LogP contribution < -0.4 is 16.4 Å². The fraction of sp³-hybridized carbons (Fsp3) is 0.238. The maximum absolute atomic E-state index is 13.9. The fourth-order valence-electron chi connectivity index (χ4n) is 2.38. The first-order chi connectivity index (χ1) is 15.1. The average molecular weight is 463 g/mol. The minimum absolute atomic E-state index is 0.111. The monoisotopic (exact) mass is 462 g/mol. The van der Waals surface area contributed by atoms with E-state index in [9.17, 15) is 18.4 Å². The molecule has 1 amide bonds. The number of carbonyl (C=O) groups is 2. The van der Waals surface area contributed by atoms with E-state index in [4.69, 9.17) is 5.73 Å². The van der Waals surface area contributed by atoms with Gasteiger partial charge in [-0.1, -0.05) is 24.0 Å². The van der Waals surface area contributed by atoms with Gasteiger partial charge in [0.05, 0.1) is 11.1 Å². The summed E-state index contributed by atoms with van der Waals surface area (Å²) in [6.07, 6.45) is 2.88. The number of likely N-dealkylation sites (N-methyl/N-ethyl adjacent to an activating group) is 1. The van der Waals surface area contributed by atoms with Gasteiger partial charge in [0.15, 0.2) is 5.13 Å². The minimum Gasteiger partial charge on any atom is -0.382 e. The van der Waals surface area contributed by atoms with Gasteiger partial charge in [-0.2, -0.15) is 0 Å². The van der Waals surface area contributed by atoms with Crippen molar-refractivity contribution in [3.05, 3.63) is 64.3 Å². The van der Waals surface area contributed by atoms with E-state index in [0.717, 1.165) is 29.5 Å². The number of allylic oxidation sites excluding steroid dienone is 1. The van der Waals surface area contributed by atoms with Gasteiger partial charge in [-0.05, 0) is 39.2 Å². The summed E-state index contributed by atoms with van der Waals surface area (Å²) >= 11 is 0.827. The van der Waals surface area contributed by atoms with Crippen LogP contribution in [0, 0.1) is 11.6 Å². The molecule has 2 rings (SSSR count). The first-order valence-corrected chi connectivity index (χ1v) is 10.3. The van der Waals surface area contributed by atoms with Crippen molar-refractivity contribution in [1.82, 2.24) is 15.2 Å². The molecule has 8 nitrogen and oxygen atoms in total. The van der Waals surface area contributed by atoms with Crippen LogP contribution in [-0.2, 0) is 4.79 Å². The second-order valence-corrected chi connectivity index (χ2v) is 7.80. The molecule has 0 atom stereocenters. The number of halogens is 2. The molecule has 1 aromatic carbocycles. The number of nitrogens with zero attached hydrogens (tertiary/aromatic N) is 3. The number of nitrogen functional groups attached to an aromatic ring is 1. The van der Waals surface area contributed by atoms with Crippen molar-refractivity contribution < 1.29 is 18.4 Å². The summed E-state index contributed by atoms with van der Waals surface area (Å²) in [6.45, 7) is 6.52. The van der Waals surface area contributed by atoms with E-state index in [0.29, 0.717) is 18.9 Å². The van der Waals surface area contributed by atoms with Crippen molar-refractivity contribution >= 4 is 40.2 Å². The number of ketones is 1. The molecule has 0 aliphatic heterocycles. The lowest BCUT2D eigenvalue weighted by Gasteiger charge is -2.10. The number of nitrogens with one attached hydrogen (secondary N) is 2. The molecule has 0 saturated heterocycles. The molecule has 32 heavy (non-hydrogen) atoms.